The van der Waals surface area contributed by atoms with Crippen molar-refractivity contribution in [2.45, 2.75) is 6.61 Å². The molecular weight excluding hydrogens is 187 g/mol. The minimum atomic E-state index is -3.10. The molecular formula is C7H4F3NO2. The van der Waals surface area contributed by atoms with Gasteiger partial charge in [-0.3, -0.25) is 4.79 Å². The van der Waals surface area contributed by atoms with Gasteiger partial charge in [-0.2, -0.15) is 13.2 Å². The van der Waals surface area contributed by atoms with E-state index in [4.69, 9.17) is 0 Å². The summed E-state index contributed by atoms with van der Waals surface area (Å²) in [6.07, 6.45) is 1.00. The molecule has 13 heavy (non-hydrogen) atoms. The van der Waals surface area contributed by atoms with Crippen LogP contribution in [0.5, 0.6) is 5.75 Å². The zero-order chi connectivity index (χ0) is 9.84. The fourth-order valence-electron chi connectivity index (χ4n) is 0.737. The Morgan fingerprint density at radius 1 is 1.54 bits per heavy atom. The maximum Gasteiger partial charge on any atom is 0.387 e. The normalized spacial score (nSPS) is 10.2. The molecule has 0 spiro atoms. The van der Waals surface area contributed by atoms with E-state index in [9.17, 15) is 18.0 Å². The molecule has 0 unspecified atom stereocenters. The number of aldehydes is 1. The molecule has 0 saturated carbocycles. The summed E-state index contributed by atoms with van der Waals surface area (Å²) in [4.78, 5) is 13.3. The molecule has 0 aliphatic rings. The zero-order valence-corrected chi connectivity index (χ0v) is 6.21. The molecule has 3 nitrogen and oxygen atoms in total. The predicted octanol–water partition coefficient (Wildman–Crippen LogP) is 1.63. The van der Waals surface area contributed by atoms with Gasteiger partial charge in [-0.1, -0.05) is 0 Å². The molecule has 6 heteroatoms. The molecule has 70 valence electrons. The Hall–Kier alpha value is -1.59. The quantitative estimate of drug-likeness (QED) is 0.538. The molecule has 1 heterocycles. The van der Waals surface area contributed by atoms with Crippen molar-refractivity contribution in [1.29, 1.82) is 0 Å². The smallest absolute Gasteiger partial charge is 0.387 e. The van der Waals surface area contributed by atoms with Crippen LogP contribution >= 0.6 is 0 Å². The minimum Gasteiger partial charge on any atom is -0.434 e. The number of halogens is 3. The second-order valence-corrected chi connectivity index (χ2v) is 2.01. The van der Waals surface area contributed by atoms with Crippen molar-refractivity contribution in [2.24, 2.45) is 0 Å². The molecule has 0 atom stereocenters. The van der Waals surface area contributed by atoms with E-state index >= 15 is 0 Å². The van der Waals surface area contributed by atoms with Crippen LogP contribution in [0.1, 0.15) is 10.4 Å². The summed E-state index contributed by atoms with van der Waals surface area (Å²) in [5, 5.41) is 0. The predicted molar refractivity (Wildman–Crippen MR) is 36.2 cm³/mol. The average molecular weight is 191 g/mol. The number of nitrogens with zero attached hydrogens (tertiary/aromatic N) is 1. The monoisotopic (exact) mass is 191 g/mol. The van der Waals surface area contributed by atoms with Crippen LogP contribution in [-0.2, 0) is 0 Å². The lowest BCUT2D eigenvalue weighted by atomic mass is 10.3. The maximum atomic E-state index is 12.6. The van der Waals surface area contributed by atoms with Crippen LogP contribution in [-0.4, -0.2) is 17.9 Å². The van der Waals surface area contributed by atoms with Crippen molar-refractivity contribution < 1.29 is 22.7 Å². The first kappa shape index (κ1) is 9.50. The first-order valence-corrected chi connectivity index (χ1v) is 3.19. The maximum absolute atomic E-state index is 12.6. The number of ether oxygens (including phenoxy) is 1. The zero-order valence-electron chi connectivity index (χ0n) is 6.21. The van der Waals surface area contributed by atoms with Crippen molar-refractivity contribution in [3.05, 3.63) is 23.8 Å². The molecule has 1 rings (SSSR count). The number of pyridine rings is 1. The third-order valence-electron chi connectivity index (χ3n) is 1.24. The molecule has 0 amide bonds. The largest absolute Gasteiger partial charge is 0.434 e. The van der Waals surface area contributed by atoms with Gasteiger partial charge >= 0.3 is 6.61 Å². The third kappa shape index (κ3) is 2.17. The van der Waals surface area contributed by atoms with E-state index in [1.165, 1.54) is 0 Å². The number of carbonyl (C=O) groups is 1. The van der Waals surface area contributed by atoms with Crippen LogP contribution < -0.4 is 4.74 Å². The average Bonchev–Trinajstić information content (AvgIpc) is 2.03. The number of aromatic nitrogens is 1. The number of carbonyl (C=O) groups excluding carboxylic acids is 1. The minimum absolute atomic E-state index is 0.0695. The molecule has 0 radical (unpaired) electrons. The first-order chi connectivity index (χ1) is 6.15. The van der Waals surface area contributed by atoms with E-state index in [0.717, 1.165) is 12.3 Å². The number of hydrogen-bond donors (Lipinski definition) is 0. The molecule has 0 bridgehead atoms. The Balaban J connectivity index is 3.05. The van der Waals surface area contributed by atoms with Crippen molar-refractivity contribution in [1.82, 2.24) is 4.98 Å². The first-order valence-electron chi connectivity index (χ1n) is 3.19. The summed E-state index contributed by atoms with van der Waals surface area (Å²) >= 11 is 0. The van der Waals surface area contributed by atoms with Gasteiger partial charge in [0.05, 0.1) is 0 Å². The number of rotatable bonds is 3. The highest BCUT2D eigenvalue weighted by molar-refractivity contribution is 5.78. The Bertz CT molecular complexity index is 317. The summed E-state index contributed by atoms with van der Waals surface area (Å²) in [5.74, 6) is -1.65. The lowest BCUT2D eigenvalue weighted by Crippen LogP contribution is -2.06. The summed E-state index contributed by atoms with van der Waals surface area (Å²) in [6, 6.07) is 0.985. The van der Waals surface area contributed by atoms with Crippen molar-refractivity contribution >= 4 is 6.29 Å². The summed E-state index contributed by atoms with van der Waals surface area (Å²) in [7, 11) is 0. The fraction of sp³-hybridized carbons (Fsp3) is 0.143. The van der Waals surface area contributed by atoms with Gasteiger partial charge < -0.3 is 4.74 Å². The van der Waals surface area contributed by atoms with Gasteiger partial charge in [0, 0.05) is 6.20 Å². The van der Waals surface area contributed by atoms with Crippen LogP contribution in [0.15, 0.2) is 12.3 Å². The topological polar surface area (TPSA) is 39.2 Å². The van der Waals surface area contributed by atoms with E-state index in [1.807, 2.05) is 0 Å². The van der Waals surface area contributed by atoms with Gasteiger partial charge in [-0.05, 0) is 6.07 Å². The van der Waals surface area contributed by atoms with E-state index < -0.39 is 23.9 Å². The summed E-state index contributed by atoms with van der Waals surface area (Å²) in [6.45, 7) is -3.10. The summed E-state index contributed by atoms with van der Waals surface area (Å²) < 4.78 is 39.9. The molecule has 0 aliphatic carbocycles. The summed E-state index contributed by atoms with van der Waals surface area (Å²) in [5.41, 5.74) is -0.609. The van der Waals surface area contributed by atoms with Crippen molar-refractivity contribution in [3.8, 4) is 5.75 Å². The lowest BCUT2D eigenvalue weighted by Gasteiger charge is -2.05. The molecule has 0 N–H and O–H groups in total. The Morgan fingerprint density at radius 3 is 2.77 bits per heavy atom. The van der Waals surface area contributed by atoms with Gasteiger partial charge in [0.15, 0.2) is 6.29 Å². The lowest BCUT2D eigenvalue weighted by molar-refractivity contribution is -0.0503. The van der Waals surface area contributed by atoms with E-state index in [2.05, 4.69) is 9.72 Å². The van der Waals surface area contributed by atoms with Gasteiger partial charge in [0.25, 0.3) is 0 Å². The van der Waals surface area contributed by atoms with Gasteiger partial charge in [0.2, 0.25) is 5.95 Å². The van der Waals surface area contributed by atoms with Gasteiger partial charge in [-0.15, -0.1) is 0 Å². The molecule has 1 aromatic heterocycles. The Morgan fingerprint density at radius 2 is 2.23 bits per heavy atom. The Labute approximate surface area is 71.2 Å². The highest BCUT2D eigenvalue weighted by atomic mass is 19.3. The molecule has 0 aliphatic heterocycles. The van der Waals surface area contributed by atoms with Crippen molar-refractivity contribution in [2.75, 3.05) is 0 Å². The number of alkyl halides is 2. The van der Waals surface area contributed by atoms with Crippen LogP contribution in [0.2, 0.25) is 0 Å². The van der Waals surface area contributed by atoms with Gasteiger partial charge in [-0.25, -0.2) is 4.98 Å². The van der Waals surface area contributed by atoms with Crippen molar-refractivity contribution in [3.63, 3.8) is 0 Å². The highest BCUT2D eigenvalue weighted by Crippen LogP contribution is 2.19. The molecule has 0 fully saturated rings. The van der Waals surface area contributed by atoms with Crippen LogP contribution in [0.25, 0.3) is 0 Å². The molecule has 0 aromatic carbocycles. The second-order valence-electron chi connectivity index (χ2n) is 2.01. The third-order valence-corrected chi connectivity index (χ3v) is 1.24. The fourth-order valence-corrected chi connectivity index (χ4v) is 0.737. The Kier molecular flexibility index (Phi) is 2.84. The standard InChI is InChI=1S/C7H4F3NO2/c8-6-4(3-12)5(1-2-11-6)13-7(9)10/h1-3,7H. The van der Waals surface area contributed by atoms with Crippen LogP contribution in [0.4, 0.5) is 13.2 Å². The van der Waals surface area contributed by atoms with E-state index in [-0.39, 0.29) is 6.29 Å². The second kappa shape index (κ2) is 3.88. The van der Waals surface area contributed by atoms with Crippen LogP contribution in [0.3, 0.4) is 0 Å². The van der Waals surface area contributed by atoms with E-state index in [1.54, 1.807) is 0 Å². The molecule has 0 saturated heterocycles. The highest BCUT2D eigenvalue weighted by Gasteiger charge is 2.13. The van der Waals surface area contributed by atoms with Gasteiger partial charge in [0.1, 0.15) is 11.3 Å². The van der Waals surface area contributed by atoms with E-state index in [0.29, 0.717) is 0 Å². The van der Waals surface area contributed by atoms with Crippen LogP contribution in [0, 0.1) is 5.95 Å². The molecule has 1 aromatic rings. The SMILES string of the molecule is O=Cc1c(OC(F)F)ccnc1F. The number of hydrogen-bond acceptors (Lipinski definition) is 3.